The normalized spacial score (nSPS) is 17.1. The Morgan fingerprint density at radius 3 is 2.50 bits per heavy atom. The first-order chi connectivity index (χ1) is 9.69. The molecular weight excluding hydrogens is 268 g/mol. The third-order valence-corrected chi connectivity index (χ3v) is 5.27. The van der Waals surface area contributed by atoms with Crippen LogP contribution in [0.4, 0.5) is 5.13 Å². The Morgan fingerprint density at radius 2 is 1.85 bits per heavy atom. The number of benzene rings is 1. The lowest BCUT2D eigenvalue weighted by atomic mass is 10.1. The maximum Gasteiger partial charge on any atom is 0.186 e. The van der Waals surface area contributed by atoms with Crippen molar-refractivity contribution in [2.75, 3.05) is 44.2 Å². The smallest absolute Gasteiger partial charge is 0.186 e. The largest absolute Gasteiger partial charge is 0.345 e. The number of nitrogens with two attached hydrogens (primary N) is 1. The summed E-state index contributed by atoms with van der Waals surface area (Å²) in [6, 6.07) is 4.36. The number of piperazine rings is 1. The van der Waals surface area contributed by atoms with Gasteiger partial charge in [0.1, 0.15) is 0 Å². The van der Waals surface area contributed by atoms with Crippen LogP contribution in [-0.4, -0.2) is 49.2 Å². The highest BCUT2D eigenvalue weighted by Gasteiger charge is 2.20. The molecule has 0 aliphatic carbocycles. The van der Waals surface area contributed by atoms with Crippen molar-refractivity contribution in [3.8, 4) is 0 Å². The third kappa shape index (κ3) is 2.53. The van der Waals surface area contributed by atoms with E-state index >= 15 is 0 Å². The average molecular weight is 290 g/mol. The molecule has 2 aromatic rings. The summed E-state index contributed by atoms with van der Waals surface area (Å²) in [5, 5.41) is 1.17. The quantitative estimate of drug-likeness (QED) is 0.939. The SMILES string of the molecule is Cc1ccc(C)c2sc(N3CCN(CCN)CC3)nc12. The molecule has 20 heavy (non-hydrogen) atoms. The van der Waals surface area contributed by atoms with E-state index < -0.39 is 0 Å². The van der Waals surface area contributed by atoms with Crippen molar-refractivity contribution in [2.24, 2.45) is 5.73 Å². The third-order valence-electron chi connectivity index (χ3n) is 4.02. The van der Waals surface area contributed by atoms with Crippen molar-refractivity contribution in [2.45, 2.75) is 13.8 Å². The highest BCUT2D eigenvalue weighted by molar-refractivity contribution is 7.22. The predicted molar refractivity (Wildman–Crippen MR) is 86.8 cm³/mol. The van der Waals surface area contributed by atoms with E-state index in [9.17, 15) is 0 Å². The van der Waals surface area contributed by atoms with E-state index in [4.69, 9.17) is 10.7 Å². The first-order valence-corrected chi connectivity index (χ1v) is 8.05. The molecule has 0 saturated carbocycles. The van der Waals surface area contributed by atoms with Crippen LogP contribution in [0.1, 0.15) is 11.1 Å². The topological polar surface area (TPSA) is 45.4 Å². The number of thiazole rings is 1. The van der Waals surface area contributed by atoms with Crippen molar-refractivity contribution >= 4 is 26.7 Å². The molecule has 1 aromatic carbocycles. The van der Waals surface area contributed by atoms with Crippen LogP contribution in [0.25, 0.3) is 10.2 Å². The molecule has 1 fully saturated rings. The molecule has 3 rings (SSSR count). The van der Waals surface area contributed by atoms with Gasteiger partial charge in [0.05, 0.1) is 10.2 Å². The first kappa shape index (κ1) is 13.8. The highest BCUT2D eigenvalue weighted by atomic mass is 32.1. The van der Waals surface area contributed by atoms with Crippen LogP contribution in [0, 0.1) is 13.8 Å². The van der Waals surface area contributed by atoms with Crippen LogP contribution < -0.4 is 10.6 Å². The Bertz CT molecular complexity index is 560. The van der Waals surface area contributed by atoms with E-state index in [-0.39, 0.29) is 0 Å². The van der Waals surface area contributed by atoms with E-state index in [1.807, 2.05) is 11.3 Å². The maximum atomic E-state index is 5.62. The van der Waals surface area contributed by atoms with Crippen molar-refractivity contribution in [1.82, 2.24) is 9.88 Å². The van der Waals surface area contributed by atoms with Crippen LogP contribution in [0.15, 0.2) is 12.1 Å². The number of rotatable bonds is 3. The summed E-state index contributed by atoms with van der Waals surface area (Å²) in [7, 11) is 0. The lowest BCUT2D eigenvalue weighted by Crippen LogP contribution is -2.47. The van der Waals surface area contributed by atoms with Gasteiger partial charge in [0.15, 0.2) is 5.13 Å². The molecule has 1 aromatic heterocycles. The molecule has 108 valence electrons. The second-order valence-corrected chi connectivity index (χ2v) is 6.47. The summed E-state index contributed by atoms with van der Waals surface area (Å²) in [4.78, 5) is 9.71. The molecule has 0 spiro atoms. The molecule has 1 aliphatic heterocycles. The molecule has 4 nitrogen and oxygen atoms in total. The number of aryl methyl sites for hydroxylation is 2. The monoisotopic (exact) mass is 290 g/mol. The van der Waals surface area contributed by atoms with Crippen molar-refractivity contribution < 1.29 is 0 Å². The number of fused-ring (bicyclic) bond motifs is 1. The molecule has 2 N–H and O–H groups in total. The van der Waals surface area contributed by atoms with E-state index in [2.05, 4.69) is 35.8 Å². The standard InChI is InChI=1S/C15H22N4S/c1-11-3-4-12(2)14-13(11)17-15(20-14)19-9-7-18(6-5-16)8-10-19/h3-4H,5-10,16H2,1-2H3. The van der Waals surface area contributed by atoms with Gasteiger partial charge in [-0.3, -0.25) is 4.90 Å². The summed E-state index contributed by atoms with van der Waals surface area (Å²) >= 11 is 1.83. The fourth-order valence-electron chi connectivity index (χ4n) is 2.73. The zero-order chi connectivity index (χ0) is 14.1. The number of aromatic nitrogens is 1. The second-order valence-electron chi connectivity index (χ2n) is 5.49. The molecule has 0 unspecified atom stereocenters. The van der Waals surface area contributed by atoms with Gasteiger partial charge in [-0.1, -0.05) is 23.5 Å². The Labute approximate surface area is 124 Å². The molecule has 2 heterocycles. The minimum Gasteiger partial charge on any atom is -0.345 e. The molecule has 1 saturated heterocycles. The van der Waals surface area contributed by atoms with Gasteiger partial charge in [-0.25, -0.2) is 4.98 Å². The van der Waals surface area contributed by atoms with E-state index in [0.717, 1.165) is 39.3 Å². The molecule has 0 radical (unpaired) electrons. The van der Waals surface area contributed by atoms with Crippen molar-refractivity contribution in [3.05, 3.63) is 23.3 Å². The zero-order valence-corrected chi connectivity index (χ0v) is 13.0. The molecular formula is C15H22N4S. The van der Waals surface area contributed by atoms with E-state index in [0.29, 0.717) is 0 Å². The minimum atomic E-state index is 0.750. The Balaban J connectivity index is 1.82. The summed E-state index contributed by atoms with van der Waals surface area (Å²) in [6.07, 6.45) is 0. The van der Waals surface area contributed by atoms with Gasteiger partial charge in [0.25, 0.3) is 0 Å². The van der Waals surface area contributed by atoms with Crippen molar-refractivity contribution in [1.29, 1.82) is 0 Å². The molecule has 5 heteroatoms. The maximum absolute atomic E-state index is 5.62. The van der Waals surface area contributed by atoms with Crippen LogP contribution in [-0.2, 0) is 0 Å². The summed E-state index contributed by atoms with van der Waals surface area (Å²) in [5.41, 5.74) is 9.40. The lowest BCUT2D eigenvalue weighted by Gasteiger charge is -2.34. The fourth-order valence-corrected chi connectivity index (χ4v) is 3.89. The van der Waals surface area contributed by atoms with Gasteiger partial charge in [-0.05, 0) is 25.0 Å². The molecule has 0 atom stereocenters. The van der Waals surface area contributed by atoms with Gasteiger partial charge < -0.3 is 10.6 Å². The summed E-state index contributed by atoms with van der Waals surface area (Å²) in [6.45, 7) is 10.4. The molecule has 0 bridgehead atoms. The van der Waals surface area contributed by atoms with Crippen LogP contribution in [0.3, 0.4) is 0 Å². The number of hydrogen-bond acceptors (Lipinski definition) is 5. The van der Waals surface area contributed by atoms with Gasteiger partial charge in [-0.2, -0.15) is 0 Å². The Hall–Kier alpha value is -1.17. The predicted octanol–water partition coefficient (Wildman–Crippen LogP) is 1.99. The highest BCUT2D eigenvalue weighted by Crippen LogP contribution is 2.33. The van der Waals surface area contributed by atoms with Crippen LogP contribution in [0.2, 0.25) is 0 Å². The summed E-state index contributed by atoms with van der Waals surface area (Å²) in [5.74, 6) is 0. The van der Waals surface area contributed by atoms with E-state index in [1.54, 1.807) is 0 Å². The van der Waals surface area contributed by atoms with Gasteiger partial charge in [0.2, 0.25) is 0 Å². The van der Waals surface area contributed by atoms with Gasteiger partial charge >= 0.3 is 0 Å². The summed E-state index contributed by atoms with van der Waals surface area (Å²) < 4.78 is 1.34. The van der Waals surface area contributed by atoms with E-state index in [1.165, 1.54) is 26.5 Å². The number of nitrogens with zero attached hydrogens (tertiary/aromatic N) is 3. The second kappa shape index (κ2) is 5.68. The minimum absolute atomic E-state index is 0.750. The Morgan fingerprint density at radius 1 is 1.15 bits per heavy atom. The lowest BCUT2D eigenvalue weighted by molar-refractivity contribution is 0.265. The first-order valence-electron chi connectivity index (χ1n) is 7.23. The average Bonchev–Trinajstić information content (AvgIpc) is 2.91. The van der Waals surface area contributed by atoms with Crippen LogP contribution in [0.5, 0.6) is 0 Å². The number of anilines is 1. The number of hydrogen-bond donors (Lipinski definition) is 1. The van der Waals surface area contributed by atoms with Crippen LogP contribution >= 0.6 is 11.3 Å². The zero-order valence-electron chi connectivity index (χ0n) is 12.2. The molecule has 0 amide bonds. The Kier molecular flexibility index (Phi) is 3.92. The van der Waals surface area contributed by atoms with Crippen molar-refractivity contribution in [3.63, 3.8) is 0 Å². The fraction of sp³-hybridized carbons (Fsp3) is 0.533. The van der Waals surface area contributed by atoms with Gasteiger partial charge in [0, 0.05) is 39.3 Å². The van der Waals surface area contributed by atoms with Gasteiger partial charge in [-0.15, -0.1) is 0 Å². The molecule has 1 aliphatic rings.